The molecule has 1 aliphatic rings. The van der Waals surface area contributed by atoms with E-state index in [1.807, 2.05) is 0 Å². The summed E-state index contributed by atoms with van der Waals surface area (Å²) in [6.45, 7) is 0.275. The zero-order valence-corrected chi connectivity index (χ0v) is 11.3. The third-order valence-corrected chi connectivity index (χ3v) is 3.84. The number of rotatable bonds is 2. The first-order valence-corrected chi connectivity index (χ1v) is 6.44. The summed E-state index contributed by atoms with van der Waals surface area (Å²) in [5.41, 5.74) is -0.107. The highest BCUT2D eigenvalue weighted by Crippen LogP contribution is 2.36. The highest BCUT2D eigenvalue weighted by molar-refractivity contribution is 6.35. The summed E-state index contributed by atoms with van der Waals surface area (Å²) in [4.78, 5) is 12.9. The zero-order chi connectivity index (χ0) is 13.4. The van der Waals surface area contributed by atoms with Gasteiger partial charge in [0.1, 0.15) is 5.02 Å². The number of amides is 1. The van der Waals surface area contributed by atoms with E-state index in [-0.39, 0.29) is 35.5 Å². The number of hydrogen-bond donors (Lipinski definition) is 0. The number of nitrogens with zero attached hydrogens (tertiary/aromatic N) is 1. The number of halogens is 5. The fraction of sp³-hybridized carbons (Fsp3) is 0.364. The standard InChI is InChI=1S/C11H8Cl3F2NO/c12-3-5-1-8(18)17(4-5)7-2-6(13)10(15)9(14)11(7)16/h2,5H,1,3-4H2. The van der Waals surface area contributed by atoms with E-state index in [9.17, 15) is 13.6 Å². The van der Waals surface area contributed by atoms with Crippen LogP contribution in [-0.2, 0) is 4.79 Å². The molecule has 7 heteroatoms. The molecule has 1 heterocycles. The van der Waals surface area contributed by atoms with E-state index >= 15 is 0 Å². The molecule has 1 aromatic rings. The van der Waals surface area contributed by atoms with Gasteiger partial charge in [0.2, 0.25) is 5.91 Å². The maximum Gasteiger partial charge on any atom is 0.227 e. The van der Waals surface area contributed by atoms with Crippen LogP contribution in [-0.4, -0.2) is 18.3 Å². The van der Waals surface area contributed by atoms with Crippen LogP contribution in [0.1, 0.15) is 6.42 Å². The summed E-state index contributed by atoms with van der Waals surface area (Å²) < 4.78 is 27.1. The van der Waals surface area contributed by atoms with Gasteiger partial charge < -0.3 is 4.90 Å². The van der Waals surface area contributed by atoms with Crippen molar-refractivity contribution >= 4 is 46.4 Å². The molecular formula is C11H8Cl3F2NO. The van der Waals surface area contributed by atoms with E-state index in [0.717, 1.165) is 6.07 Å². The molecule has 0 saturated carbocycles. The topological polar surface area (TPSA) is 20.3 Å². The summed E-state index contributed by atoms with van der Waals surface area (Å²) in [5, 5.41) is -1.03. The minimum atomic E-state index is -1.03. The lowest BCUT2D eigenvalue weighted by Gasteiger charge is -2.18. The van der Waals surface area contributed by atoms with Gasteiger partial charge in [-0.2, -0.15) is 0 Å². The molecule has 1 aliphatic heterocycles. The van der Waals surface area contributed by atoms with Gasteiger partial charge in [0, 0.05) is 18.8 Å². The first kappa shape index (κ1) is 13.8. The van der Waals surface area contributed by atoms with Gasteiger partial charge in [0.15, 0.2) is 11.6 Å². The minimum absolute atomic E-state index is 0.0545. The summed E-state index contributed by atoms with van der Waals surface area (Å²) >= 11 is 16.8. The van der Waals surface area contributed by atoms with Crippen LogP contribution in [0.4, 0.5) is 14.5 Å². The number of hydrogen-bond acceptors (Lipinski definition) is 1. The van der Waals surface area contributed by atoms with Crippen LogP contribution in [0, 0.1) is 17.6 Å². The van der Waals surface area contributed by atoms with Crippen molar-refractivity contribution < 1.29 is 13.6 Å². The van der Waals surface area contributed by atoms with Gasteiger partial charge in [0.05, 0.1) is 10.7 Å². The molecule has 0 aliphatic carbocycles. The monoisotopic (exact) mass is 313 g/mol. The smallest absolute Gasteiger partial charge is 0.227 e. The minimum Gasteiger partial charge on any atom is -0.309 e. The number of carbonyl (C=O) groups excluding carboxylic acids is 1. The second kappa shape index (κ2) is 5.19. The van der Waals surface area contributed by atoms with Gasteiger partial charge in [-0.3, -0.25) is 4.79 Å². The van der Waals surface area contributed by atoms with E-state index in [2.05, 4.69) is 0 Å². The van der Waals surface area contributed by atoms with Crippen LogP contribution in [0.2, 0.25) is 10.0 Å². The maximum atomic E-state index is 13.8. The molecule has 1 atom stereocenters. The number of anilines is 1. The Morgan fingerprint density at radius 3 is 2.56 bits per heavy atom. The van der Waals surface area contributed by atoms with Crippen molar-refractivity contribution in [2.24, 2.45) is 5.92 Å². The van der Waals surface area contributed by atoms with Crippen molar-refractivity contribution in [3.05, 3.63) is 27.7 Å². The van der Waals surface area contributed by atoms with E-state index in [0.29, 0.717) is 5.88 Å². The van der Waals surface area contributed by atoms with E-state index in [1.54, 1.807) is 0 Å². The van der Waals surface area contributed by atoms with E-state index in [4.69, 9.17) is 34.8 Å². The van der Waals surface area contributed by atoms with Gasteiger partial charge in [-0.15, -0.1) is 11.6 Å². The molecule has 98 valence electrons. The molecule has 1 saturated heterocycles. The summed E-state index contributed by atoms with van der Waals surface area (Å²) in [6, 6.07) is 1.06. The quantitative estimate of drug-likeness (QED) is 0.461. The van der Waals surface area contributed by atoms with Gasteiger partial charge in [-0.1, -0.05) is 23.2 Å². The molecule has 0 aromatic heterocycles. The van der Waals surface area contributed by atoms with Crippen molar-refractivity contribution in [3.63, 3.8) is 0 Å². The maximum absolute atomic E-state index is 13.8. The molecule has 1 aromatic carbocycles. The Bertz CT molecular complexity index is 510. The van der Waals surface area contributed by atoms with Gasteiger partial charge in [0.25, 0.3) is 0 Å². The van der Waals surface area contributed by atoms with Crippen molar-refractivity contribution in [2.45, 2.75) is 6.42 Å². The molecular weight excluding hydrogens is 306 g/mol. The molecule has 1 fully saturated rings. The van der Waals surface area contributed by atoms with E-state index < -0.39 is 16.7 Å². The highest BCUT2D eigenvalue weighted by Gasteiger charge is 2.33. The normalized spacial score (nSPS) is 19.7. The molecule has 1 unspecified atom stereocenters. The number of alkyl halides is 1. The third kappa shape index (κ3) is 2.29. The van der Waals surface area contributed by atoms with Crippen LogP contribution in [0.3, 0.4) is 0 Å². The fourth-order valence-corrected chi connectivity index (χ4v) is 2.53. The Balaban J connectivity index is 2.43. The fourth-order valence-electron chi connectivity index (χ4n) is 1.87. The highest BCUT2D eigenvalue weighted by atomic mass is 35.5. The molecule has 0 spiro atoms. The Labute approximate surface area is 117 Å². The Kier molecular flexibility index (Phi) is 3.99. The van der Waals surface area contributed by atoms with Crippen LogP contribution in [0.25, 0.3) is 0 Å². The lowest BCUT2D eigenvalue weighted by atomic mass is 10.1. The van der Waals surface area contributed by atoms with Crippen molar-refractivity contribution in [3.8, 4) is 0 Å². The van der Waals surface area contributed by atoms with Crippen LogP contribution in [0.15, 0.2) is 6.07 Å². The number of carbonyl (C=O) groups is 1. The second-order valence-electron chi connectivity index (χ2n) is 4.05. The Morgan fingerprint density at radius 1 is 1.33 bits per heavy atom. The van der Waals surface area contributed by atoms with Crippen molar-refractivity contribution in [1.29, 1.82) is 0 Å². The third-order valence-electron chi connectivity index (χ3n) is 2.80. The van der Waals surface area contributed by atoms with Crippen molar-refractivity contribution in [2.75, 3.05) is 17.3 Å². The van der Waals surface area contributed by atoms with Crippen LogP contribution >= 0.6 is 34.8 Å². The first-order valence-electron chi connectivity index (χ1n) is 5.15. The van der Waals surface area contributed by atoms with Gasteiger partial charge >= 0.3 is 0 Å². The first-order chi connectivity index (χ1) is 8.45. The van der Waals surface area contributed by atoms with Gasteiger partial charge in [-0.25, -0.2) is 8.78 Å². The molecule has 2 rings (SSSR count). The predicted molar refractivity (Wildman–Crippen MR) is 67.6 cm³/mol. The summed E-state index contributed by atoms with van der Waals surface area (Å²) in [6.07, 6.45) is 0.232. The molecule has 2 nitrogen and oxygen atoms in total. The molecule has 0 radical (unpaired) electrons. The predicted octanol–water partition coefficient (Wildman–Crippen LogP) is 3.86. The molecule has 0 N–H and O–H groups in total. The summed E-state index contributed by atoms with van der Waals surface area (Å²) in [5.74, 6) is -2.05. The Morgan fingerprint density at radius 2 is 2.00 bits per heavy atom. The van der Waals surface area contributed by atoms with Gasteiger partial charge in [-0.05, 0) is 12.0 Å². The number of benzene rings is 1. The largest absolute Gasteiger partial charge is 0.309 e. The van der Waals surface area contributed by atoms with E-state index in [1.165, 1.54) is 4.90 Å². The average molecular weight is 315 g/mol. The van der Waals surface area contributed by atoms with Crippen LogP contribution in [0.5, 0.6) is 0 Å². The zero-order valence-electron chi connectivity index (χ0n) is 9.02. The molecule has 0 bridgehead atoms. The average Bonchev–Trinajstić information content (AvgIpc) is 2.72. The lowest BCUT2D eigenvalue weighted by molar-refractivity contribution is -0.117. The second-order valence-corrected chi connectivity index (χ2v) is 5.14. The molecule has 18 heavy (non-hydrogen) atoms. The SMILES string of the molecule is O=C1CC(CCl)CN1c1cc(Cl)c(F)c(Cl)c1F. The molecule has 1 amide bonds. The van der Waals surface area contributed by atoms with Crippen molar-refractivity contribution in [1.82, 2.24) is 0 Å². The van der Waals surface area contributed by atoms with Crippen LogP contribution < -0.4 is 4.90 Å². The lowest BCUT2D eigenvalue weighted by Crippen LogP contribution is -2.26. The Hall–Kier alpha value is -0.580. The summed E-state index contributed by atoms with van der Waals surface area (Å²) in [7, 11) is 0.